The summed E-state index contributed by atoms with van der Waals surface area (Å²) in [7, 11) is 0. The van der Waals surface area contributed by atoms with Crippen LogP contribution >= 0.6 is 12.4 Å². The lowest BCUT2D eigenvalue weighted by molar-refractivity contribution is 0.369. The summed E-state index contributed by atoms with van der Waals surface area (Å²) in [5, 5.41) is 12.4. The highest BCUT2D eigenvalue weighted by Crippen LogP contribution is 2.42. The van der Waals surface area contributed by atoms with Gasteiger partial charge in [-0.3, -0.25) is 10.2 Å². The molecular formula is C29H32N2P2S2. The van der Waals surface area contributed by atoms with Crippen LogP contribution in [0.2, 0.25) is 0 Å². The summed E-state index contributed by atoms with van der Waals surface area (Å²) in [4.78, 5) is 0. The van der Waals surface area contributed by atoms with Gasteiger partial charge in [-0.05, 0) is 5.41 Å². The lowest BCUT2D eigenvalue weighted by atomic mass is 9.94. The highest BCUT2D eigenvalue weighted by Gasteiger charge is 2.29. The van der Waals surface area contributed by atoms with E-state index in [0.717, 1.165) is 13.1 Å². The van der Waals surface area contributed by atoms with Gasteiger partial charge in [0.15, 0.2) is 0 Å². The van der Waals surface area contributed by atoms with Crippen LogP contribution in [0.3, 0.4) is 0 Å². The fourth-order valence-corrected chi connectivity index (χ4v) is 10.8. The Morgan fingerprint density at radius 2 is 0.714 bits per heavy atom. The van der Waals surface area contributed by atoms with Crippen molar-refractivity contribution in [3.05, 3.63) is 121 Å². The Hall–Kier alpha value is -1.90. The van der Waals surface area contributed by atoms with Gasteiger partial charge in [0.25, 0.3) is 0 Å². The van der Waals surface area contributed by atoms with Gasteiger partial charge in [0.1, 0.15) is 0 Å². The molecule has 2 N–H and O–H groups in total. The van der Waals surface area contributed by atoms with Gasteiger partial charge < -0.3 is 0 Å². The van der Waals surface area contributed by atoms with Gasteiger partial charge in [0, 0.05) is 34.3 Å². The summed E-state index contributed by atoms with van der Waals surface area (Å²) in [6, 6.07) is 42.0. The van der Waals surface area contributed by atoms with E-state index in [4.69, 9.17) is 23.6 Å². The summed E-state index contributed by atoms with van der Waals surface area (Å²) in [6.07, 6.45) is -4.32. The Morgan fingerprint density at radius 3 is 0.943 bits per heavy atom. The normalized spacial score (nSPS) is 12.4. The van der Waals surface area contributed by atoms with Gasteiger partial charge in [-0.1, -0.05) is 159 Å². The molecule has 0 atom stereocenters. The fourth-order valence-electron chi connectivity index (χ4n) is 3.93. The lowest BCUT2D eigenvalue weighted by Crippen LogP contribution is -2.41. The molecule has 0 radical (unpaired) electrons. The van der Waals surface area contributed by atoms with E-state index in [2.05, 4.69) is 121 Å². The van der Waals surface area contributed by atoms with Crippen molar-refractivity contribution in [2.24, 2.45) is 5.41 Å². The lowest BCUT2D eigenvalue weighted by Gasteiger charge is -2.34. The fraction of sp³-hybridized carbons (Fsp3) is 0.172. The topological polar surface area (TPSA) is 24.1 Å². The van der Waals surface area contributed by atoms with Gasteiger partial charge >= 0.3 is 0 Å². The van der Waals surface area contributed by atoms with Crippen LogP contribution in [0.1, 0.15) is 13.8 Å². The number of nitrogens with one attached hydrogen (secondary N) is 2. The van der Waals surface area contributed by atoms with Gasteiger partial charge in [-0.15, -0.1) is 0 Å². The maximum Gasteiger partial charge on any atom is 0.0684 e. The van der Waals surface area contributed by atoms with Crippen LogP contribution in [0, 0.1) is 5.41 Å². The van der Waals surface area contributed by atoms with Crippen molar-refractivity contribution in [1.82, 2.24) is 10.2 Å². The van der Waals surface area contributed by atoms with Gasteiger partial charge in [0.05, 0.1) is 12.4 Å². The summed E-state index contributed by atoms with van der Waals surface area (Å²) in [5.74, 6) is 0. The third kappa shape index (κ3) is 6.27. The Bertz CT molecular complexity index is 1120. The number of hydrogen-bond donors (Lipinski definition) is 2. The van der Waals surface area contributed by atoms with E-state index >= 15 is 0 Å². The molecule has 0 aromatic heterocycles. The van der Waals surface area contributed by atoms with Crippen molar-refractivity contribution in [3.8, 4) is 0 Å². The first kappa shape index (κ1) is 26.2. The molecule has 6 heteroatoms. The first-order chi connectivity index (χ1) is 16.8. The first-order valence-electron chi connectivity index (χ1n) is 11.8. The molecule has 0 amide bonds. The summed E-state index contributed by atoms with van der Waals surface area (Å²) >= 11 is 12.8. The molecule has 4 rings (SSSR count). The average molecular weight is 535 g/mol. The maximum absolute atomic E-state index is 6.38. The van der Waals surface area contributed by atoms with E-state index in [9.17, 15) is 0 Å². The molecule has 4 aromatic carbocycles. The Balaban J connectivity index is 1.56. The van der Waals surface area contributed by atoms with Crippen LogP contribution in [0.4, 0.5) is 0 Å². The number of benzene rings is 4. The molecule has 0 aliphatic carbocycles. The van der Waals surface area contributed by atoms with Crippen molar-refractivity contribution >= 4 is 57.2 Å². The molecule has 0 fully saturated rings. The van der Waals surface area contributed by atoms with Crippen LogP contribution in [0.5, 0.6) is 0 Å². The quantitative estimate of drug-likeness (QED) is 0.270. The van der Waals surface area contributed by atoms with Gasteiger partial charge in [0.2, 0.25) is 0 Å². The highest BCUT2D eigenvalue weighted by atomic mass is 32.4. The van der Waals surface area contributed by atoms with Crippen molar-refractivity contribution in [2.45, 2.75) is 13.8 Å². The molecule has 4 aromatic rings. The summed E-state index contributed by atoms with van der Waals surface area (Å²) < 4.78 is 0. The SMILES string of the molecule is CC(C)(CNP(=S)(c1ccccc1)c1ccccc1)CNP(=S)(c1ccccc1)c1ccccc1. The second kappa shape index (κ2) is 11.4. The molecule has 2 nitrogen and oxygen atoms in total. The zero-order chi connectivity index (χ0) is 24.8. The number of rotatable bonds is 10. The molecule has 0 heterocycles. The molecule has 180 valence electrons. The number of hydrogen-bond acceptors (Lipinski definition) is 2. The third-order valence-electron chi connectivity index (χ3n) is 6.04. The maximum atomic E-state index is 6.38. The van der Waals surface area contributed by atoms with Crippen LogP contribution in [-0.2, 0) is 23.6 Å². The Kier molecular flexibility index (Phi) is 8.55. The van der Waals surface area contributed by atoms with Crippen LogP contribution in [0.25, 0.3) is 0 Å². The molecule has 0 aliphatic heterocycles. The summed E-state index contributed by atoms with van der Waals surface area (Å²) in [5.41, 5.74) is -0.0682. The smallest absolute Gasteiger partial charge is 0.0684 e. The largest absolute Gasteiger partial charge is 0.281 e. The predicted molar refractivity (Wildman–Crippen MR) is 163 cm³/mol. The van der Waals surface area contributed by atoms with Gasteiger partial charge in [-0.25, -0.2) is 0 Å². The van der Waals surface area contributed by atoms with Crippen LogP contribution in [0.15, 0.2) is 121 Å². The highest BCUT2D eigenvalue weighted by molar-refractivity contribution is 8.21. The minimum absolute atomic E-state index is 0.0682. The van der Waals surface area contributed by atoms with Gasteiger partial charge in [-0.2, -0.15) is 0 Å². The zero-order valence-electron chi connectivity index (χ0n) is 20.2. The van der Waals surface area contributed by atoms with E-state index in [-0.39, 0.29) is 5.41 Å². The minimum atomic E-state index is -2.16. The standard InChI is InChI=1S/C29H32N2P2S2/c1-29(2,23-30-32(34,25-15-7-3-8-16-25)26-17-9-4-10-18-26)24-31-33(35,27-19-11-5-12-20-27)28-21-13-6-14-22-28/h3-22H,23-24H2,1-2H3,(H,30,34)(H,31,35). The predicted octanol–water partition coefficient (Wildman–Crippen LogP) is 5.28. The summed E-state index contributed by atoms with van der Waals surface area (Å²) in [6.45, 7) is 6.11. The van der Waals surface area contributed by atoms with E-state index in [1.165, 1.54) is 21.2 Å². The van der Waals surface area contributed by atoms with Crippen molar-refractivity contribution in [2.75, 3.05) is 13.1 Å². The minimum Gasteiger partial charge on any atom is -0.281 e. The van der Waals surface area contributed by atoms with Crippen LogP contribution in [-0.4, -0.2) is 13.1 Å². The van der Waals surface area contributed by atoms with E-state index in [0.29, 0.717) is 0 Å². The second-order valence-corrected chi connectivity index (χ2v) is 17.8. The first-order valence-corrected chi connectivity index (χ1v) is 17.4. The second-order valence-electron chi connectivity index (χ2n) is 9.39. The van der Waals surface area contributed by atoms with Crippen molar-refractivity contribution in [1.29, 1.82) is 0 Å². The van der Waals surface area contributed by atoms with E-state index in [1.54, 1.807) is 0 Å². The van der Waals surface area contributed by atoms with E-state index in [1.807, 2.05) is 24.3 Å². The molecule has 0 bridgehead atoms. The van der Waals surface area contributed by atoms with Crippen LogP contribution < -0.4 is 31.4 Å². The molecular weight excluding hydrogens is 502 g/mol. The van der Waals surface area contributed by atoms with Crippen molar-refractivity contribution < 1.29 is 0 Å². The average Bonchev–Trinajstić information content (AvgIpc) is 2.92. The Labute approximate surface area is 220 Å². The molecule has 0 spiro atoms. The third-order valence-corrected chi connectivity index (χ3v) is 14.7. The molecule has 0 unspecified atom stereocenters. The molecule has 35 heavy (non-hydrogen) atoms. The van der Waals surface area contributed by atoms with Crippen molar-refractivity contribution in [3.63, 3.8) is 0 Å². The zero-order valence-corrected chi connectivity index (χ0v) is 23.6. The molecule has 0 saturated carbocycles. The molecule has 0 aliphatic rings. The van der Waals surface area contributed by atoms with E-state index < -0.39 is 12.4 Å². The monoisotopic (exact) mass is 534 g/mol. The molecule has 0 saturated heterocycles. The Morgan fingerprint density at radius 1 is 0.486 bits per heavy atom.